The summed E-state index contributed by atoms with van der Waals surface area (Å²) in [4.78, 5) is 16.4. The molecule has 0 spiro atoms. The molecule has 1 N–H and O–H groups in total. The van der Waals surface area contributed by atoms with Crippen LogP contribution in [0.3, 0.4) is 0 Å². The van der Waals surface area contributed by atoms with Gasteiger partial charge in [0, 0.05) is 6.42 Å². The summed E-state index contributed by atoms with van der Waals surface area (Å²) in [5.41, 5.74) is 1.11. The smallest absolute Gasteiger partial charge is 0.223 e. The van der Waals surface area contributed by atoms with E-state index in [4.69, 9.17) is 14.2 Å². The molecule has 0 unspecified atom stereocenters. The van der Waals surface area contributed by atoms with Crippen LogP contribution in [0.2, 0.25) is 0 Å². The normalized spacial score (nSPS) is 26.6. The first-order valence-electron chi connectivity index (χ1n) is 11.0. The van der Waals surface area contributed by atoms with E-state index in [1.165, 1.54) is 30.6 Å². The Labute approximate surface area is 174 Å². The number of methoxy groups -OCH3 is 3. The summed E-state index contributed by atoms with van der Waals surface area (Å²) in [6, 6.07) is 3.99. The number of fused-ring (bicyclic) bond motifs is 2. The van der Waals surface area contributed by atoms with Crippen LogP contribution in [0.4, 0.5) is 0 Å². The van der Waals surface area contributed by atoms with Gasteiger partial charge in [0.15, 0.2) is 11.5 Å². The van der Waals surface area contributed by atoms with Crippen LogP contribution in [0.1, 0.15) is 37.7 Å². The highest BCUT2D eigenvalue weighted by atomic mass is 16.5. The Morgan fingerprint density at radius 2 is 1.79 bits per heavy atom. The van der Waals surface area contributed by atoms with Crippen molar-refractivity contribution in [3.8, 4) is 17.2 Å². The maximum absolute atomic E-state index is 12.8. The number of quaternary nitrogens is 1. The molecular formula is C23H35N2O4+. The number of nitrogens with one attached hydrogen (secondary N) is 1. The molecule has 2 aliphatic carbocycles. The minimum Gasteiger partial charge on any atom is -0.493 e. The van der Waals surface area contributed by atoms with E-state index in [1.54, 1.807) is 21.3 Å². The first kappa shape index (κ1) is 20.3. The molecular weight excluding hydrogens is 368 g/mol. The van der Waals surface area contributed by atoms with Crippen molar-refractivity contribution in [1.29, 1.82) is 0 Å². The molecule has 1 aromatic rings. The second-order valence-electron chi connectivity index (χ2n) is 8.94. The summed E-state index contributed by atoms with van der Waals surface area (Å²) < 4.78 is 16.5. The predicted molar refractivity (Wildman–Crippen MR) is 111 cm³/mol. The Morgan fingerprint density at radius 3 is 2.38 bits per heavy atom. The third-order valence-corrected chi connectivity index (χ3v) is 7.37. The summed E-state index contributed by atoms with van der Waals surface area (Å²) in [5.74, 6) is 4.84. The molecule has 3 fully saturated rings. The molecule has 2 saturated carbocycles. The number of piperazine rings is 1. The Hall–Kier alpha value is -1.95. The maximum Gasteiger partial charge on any atom is 0.223 e. The molecule has 1 heterocycles. The number of benzene rings is 1. The zero-order valence-corrected chi connectivity index (χ0v) is 18.0. The van der Waals surface area contributed by atoms with Gasteiger partial charge in [0.25, 0.3) is 0 Å². The molecule has 3 aliphatic rings. The van der Waals surface area contributed by atoms with E-state index in [0.717, 1.165) is 62.3 Å². The maximum atomic E-state index is 12.8. The van der Waals surface area contributed by atoms with Crippen LogP contribution < -0.4 is 19.1 Å². The van der Waals surface area contributed by atoms with Crippen LogP contribution in [0.5, 0.6) is 17.2 Å². The highest BCUT2D eigenvalue weighted by molar-refractivity contribution is 5.76. The van der Waals surface area contributed by atoms with Crippen LogP contribution >= 0.6 is 0 Å². The Morgan fingerprint density at radius 1 is 1.03 bits per heavy atom. The lowest BCUT2D eigenvalue weighted by molar-refractivity contribution is -0.917. The third-order valence-electron chi connectivity index (χ3n) is 7.37. The van der Waals surface area contributed by atoms with Gasteiger partial charge in [-0.25, -0.2) is 0 Å². The number of nitrogens with zero attached hydrogens (tertiary/aromatic N) is 1. The fourth-order valence-corrected chi connectivity index (χ4v) is 5.80. The molecule has 1 aromatic carbocycles. The zero-order chi connectivity index (χ0) is 20.4. The van der Waals surface area contributed by atoms with Crippen molar-refractivity contribution in [3.05, 3.63) is 17.7 Å². The lowest BCUT2D eigenvalue weighted by Crippen LogP contribution is -3.13. The van der Waals surface area contributed by atoms with E-state index in [-0.39, 0.29) is 0 Å². The van der Waals surface area contributed by atoms with E-state index < -0.39 is 0 Å². The number of carbonyl (C=O) groups excluding carboxylic acids is 1. The summed E-state index contributed by atoms with van der Waals surface area (Å²) >= 11 is 0. The van der Waals surface area contributed by atoms with Gasteiger partial charge < -0.3 is 24.0 Å². The Bertz CT molecular complexity index is 730. The molecule has 0 radical (unpaired) electrons. The van der Waals surface area contributed by atoms with Gasteiger partial charge in [-0.2, -0.15) is 0 Å². The van der Waals surface area contributed by atoms with E-state index >= 15 is 0 Å². The molecule has 3 atom stereocenters. The summed E-state index contributed by atoms with van der Waals surface area (Å²) in [6.07, 6.45) is 6.20. The average molecular weight is 404 g/mol. The molecule has 0 aromatic heterocycles. The number of carbonyl (C=O) groups is 1. The van der Waals surface area contributed by atoms with E-state index in [2.05, 4.69) is 11.0 Å². The molecule has 2 bridgehead atoms. The number of ether oxygens (including phenoxy) is 3. The van der Waals surface area contributed by atoms with Gasteiger partial charge in [-0.3, -0.25) is 4.79 Å². The largest absolute Gasteiger partial charge is 0.493 e. The first-order valence-corrected chi connectivity index (χ1v) is 11.0. The van der Waals surface area contributed by atoms with Crippen molar-refractivity contribution in [1.82, 2.24) is 4.90 Å². The number of rotatable bonds is 7. The van der Waals surface area contributed by atoms with Crippen molar-refractivity contribution in [3.63, 3.8) is 0 Å². The quantitative estimate of drug-likeness (QED) is 0.754. The average Bonchev–Trinajstić information content (AvgIpc) is 3.37. The molecule has 4 rings (SSSR count). The van der Waals surface area contributed by atoms with Gasteiger partial charge >= 0.3 is 0 Å². The second-order valence-corrected chi connectivity index (χ2v) is 8.94. The van der Waals surface area contributed by atoms with Crippen LogP contribution in [0, 0.1) is 17.8 Å². The number of hydrogen-bond acceptors (Lipinski definition) is 4. The molecule has 1 amide bonds. The summed E-state index contributed by atoms with van der Waals surface area (Å²) in [7, 11) is 4.94. The number of hydrogen-bond donors (Lipinski definition) is 1. The first-order chi connectivity index (χ1) is 14.1. The van der Waals surface area contributed by atoms with E-state index in [9.17, 15) is 4.79 Å². The van der Waals surface area contributed by atoms with E-state index in [0.29, 0.717) is 23.3 Å². The minimum absolute atomic E-state index is 0.380. The summed E-state index contributed by atoms with van der Waals surface area (Å²) in [6.45, 7) is 4.51. The minimum atomic E-state index is 0.380. The van der Waals surface area contributed by atoms with Crippen molar-refractivity contribution in [2.24, 2.45) is 17.8 Å². The Kier molecular flexibility index (Phi) is 6.18. The van der Waals surface area contributed by atoms with Crippen molar-refractivity contribution in [2.75, 3.05) is 47.5 Å². The molecule has 29 heavy (non-hydrogen) atoms. The molecule has 6 nitrogen and oxygen atoms in total. The lowest BCUT2D eigenvalue weighted by Gasteiger charge is -2.34. The number of amides is 1. The van der Waals surface area contributed by atoms with Crippen molar-refractivity contribution in [2.45, 2.75) is 38.6 Å². The molecule has 1 aliphatic heterocycles. The topological polar surface area (TPSA) is 52.4 Å². The molecule has 6 heteroatoms. The van der Waals surface area contributed by atoms with Gasteiger partial charge in [0.2, 0.25) is 11.7 Å². The third kappa shape index (κ3) is 4.18. The zero-order valence-electron chi connectivity index (χ0n) is 18.0. The predicted octanol–water partition coefficient (Wildman–Crippen LogP) is 1.77. The highest BCUT2D eigenvalue weighted by Crippen LogP contribution is 2.49. The lowest BCUT2D eigenvalue weighted by atomic mass is 9.86. The molecule has 1 saturated heterocycles. The van der Waals surface area contributed by atoms with Crippen LogP contribution in [0.15, 0.2) is 12.1 Å². The van der Waals surface area contributed by atoms with Gasteiger partial charge in [0.1, 0.15) is 6.54 Å². The van der Waals surface area contributed by atoms with Crippen LogP contribution in [-0.4, -0.2) is 58.3 Å². The standard InChI is InChI=1S/C23H34N2O4/c1-27-20-7-6-18(22(28-2)23(20)29-3)15-24-8-10-25(11-9-24)21(26)14-19-13-16-4-5-17(19)12-16/h6-7,16-17,19H,4-5,8-15H2,1-3H3/p+1/t16-,17-,19-/m1/s1. The van der Waals surface area contributed by atoms with Gasteiger partial charge in [0.05, 0.1) is 53.1 Å². The fourth-order valence-electron chi connectivity index (χ4n) is 5.80. The summed E-state index contributed by atoms with van der Waals surface area (Å²) in [5, 5.41) is 0. The second kappa shape index (κ2) is 8.82. The van der Waals surface area contributed by atoms with Crippen LogP contribution in [-0.2, 0) is 11.3 Å². The Balaban J connectivity index is 1.31. The SMILES string of the molecule is COc1ccc(C[NH+]2CCN(C(=O)C[C@H]3C[C@@H]4CC[C@@H]3C4)CC2)c(OC)c1OC. The van der Waals surface area contributed by atoms with Crippen molar-refractivity contribution < 1.29 is 23.9 Å². The molecule has 160 valence electrons. The fraction of sp³-hybridized carbons (Fsp3) is 0.696. The van der Waals surface area contributed by atoms with Crippen molar-refractivity contribution >= 4 is 5.91 Å². The van der Waals surface area contributed by atoms with Gasteiger partial charge in [-0.15, -0.1) is 0 Å². The van der Waals surface area contributed by atoms with Gasteiger partial charge in [-0.1, -0.05) is 6.42 Å². The highest BCUT2D eigenvalue weighted by Gasteiger charge is 2.41. The van der Waals surface area contributed by atoms with Gasteiger partial charge in [-0.05, 0) is 49.1 Å². The van der Waals surface area contributed by atoms with E-state index in [1.807, 2.05) is 6.07 Å². The monoisotopic (exact) mass is 403 g/mol. The van der Waals surface area contributed by atoms with Crippen LogP contribution in [0.25, 0.3) is 0 Å².